The lowest BCUT2D eigenvalue weighted by molar-refractivity contribution is -0.114. The normalized spacial score (nSPS) is 17.0. The van der Waals surface area contributed by atoms with Crippen LogP contribution in [0.15, 0.2) is 72.9 Å². The summed E-state index contributed by atoms with van der Waals surface area (Å²) in [6.45, 7) is 4.08. The first kappa shape index (κ1) is 22.4. The third-order valence-corrected chi connectivity index (χ3v) is 6.47. The largest absolute Gasteiger partial charge is 0.369 e. The summed E-state index contributed by atoms with van der Waals surface area (Å²) in [5.74, 6) is -0.872. The molecular weight excluding hydrogens is 438 g/mol. The van der Waals surface area contributed by atoms with Crippen LogP contribution in [0.1, 0.15) is 21.5 Å². The molecule has 3 aromatic carbocycles. The van der Waals surface area contributed by atoms with Gasteiger partial charge in [-0.1, -0.05) is 18.2 Å². The number of nitrogens with zero attached hydrogens (tertiary/aromatic N) is 3. The molecule has 3 aromatic rings. The summed E-state index contributed by atoms with van der Waals surface area (Å²) in [5, 5.41) is 14.8. The number of nitrogens with one attached hydrogen (secondary N) is 2. The minimum Gasteiger partial charge on any atom is -0.369 e. The van der Waals surface area contributed by atoms with E-state index < -0.39 is 11.8 Å². The zero-order valence-corrected chi connectivity index (χ0v) is 19.4. The van der Waals surface area contributed by atoms with Crippen LogP contribution in [0.25, 0.3) is 16.7 Å². The molecule has 0 bridgehead atoms. The molecule has 2 amide bonds. The number of hydrogen-bond donors (Lipinski definition) is 2. The number of fused-ring (bicyclic) bond motifs is 1. The fraction of sp³-hybridized carbons (Fsp3) is 0.179. The smallest absolute Gasteiger partial charge is 0.260 e. The standard InChI is InChI=1S/C28H25N5O2/c1-32-11-13-33(14-12-32)23-8-6-22(7-9-23)30-18-26-25-16-21(20-4-2-3-19(15-20)17-29)5-10-24(25)27(34)31-28(26)35/h2-10,15-16,18,30H,11-14H2,1H3,(H,31,34,35). The van der Waals surface area contributed by atoms with E-state index in [0.29, 0.717) is 22.3 Å². The second kappa shape index (κ2) is 9.45. The van der Waals surface area contributed by atoms with Crippen molar-refractivity contribution in [3.63, 3.8) is 0 Å². The Labute approximate surface area is 204 Å². The molecule has 0 aromatic heterocycles. The summed E-state index contributed by atoms with van der Waals surface area (Å²) in [5.41, 5.74) is 5.60. The van der Waals surface area contributed by atoms with Gasteiger partial charge in [0.25, 0.3) is 11.8 Å². The van der Waals surface area contributed by atoms with Crippen molar-refractivity contribution in [2.24, 2.45) is 0 Å². The van der Waals surface area contributed by atoms with Crippen LogP contribution in [0, 0.1) is 11.3 Å². The number of likely N-dealkylation sites (N-methyl/N-ethyl adjacent to an activating group) is 1. The van der Waals surface area contributed by atoms with Gasteiger partial charge in [0.05, 0.1) is 17.2 Å². The molecule has 0 radical (unpaired) electrons. The number of rotatable bonds is 4. The van der Waals surface area contributed by atoms with E-state index in [9.17, 15) is 14.9 Å². The summed E-state index contributed by atoms with van der Waals surface area (Å²) in [6, 6.07) is 22.9. The fourth-order valence-electron chi connectivity index (χ4n) is 4.40. The van der Waals surface area contributed by atoms with Gasteiger partial charge >= 0.3 is 0 Å². The molecule has 5 rings (SSSR count). The summed E-state index contributed by atoms with van der Waals surface area (Å²) >= 11 is 0. The van der Waals surface area contributed by atoms with Gasteiger partial charge in [-0.05, 0) is 66.7 Å². The summed E-state index contributed by atoms with van der Waals surface area (Å²) < 4.78 is 0. The van der Waals surface area contributed by atoms with E-state index in [-0.39, 0.29) is 0 Å². The van der Waals surface area contributed by atoms with Gasteiger partial charge < -0.3 is 15.1 Å². The van der Waals surface area contributed by atoms with Crippen molar-refractivity contribution in [2.45, 2.75) is 0 Å². The van der Waals surface area contributed by atoms with Gasteiger partial charge in [0.15, 0.2) is 0 Å². The van der Waals surface area contributed by atoms with Crippen LogP contribution in [0.5, 0.6) is 0 Å². The molecule has 1 fully saturated rings. The Bertz CT molecular complexity index is 1360. The zero-order valence-electron chi connectivity index (χ0n) is 19.4. The van der Waals surface area contributed by atoms with E-state index in [1.165, 1.54) is 5.69 Å². The number of nitriles is 1. The van der Waals surface area contributed by atoms with Crippen molar-refractivity contribution in [3.05, 3.63) is 89.6 Å². The van der Waals surface area contributed by atoms with Crippen LogP contribution in [-0.4, -0.2) is 49.9 Å². The maximum Gasteiger partial charge on any atom is 0.260 e. The maximum atomic E-state index is 12.7. The van der Waals surface area contributed by atoms with E-state index in [0.717, 1.165) is 43.0 Å². The summed E-state index contributed by atoms with van der Waals surface area (Å²) in [4.78, 5) is 29.9. The van der Waals surface area contributed by atoms with E-state index in [1.807, 2.05) is 36.4 Å². The fourth-order valence-corrected chi connectivity index (χ4v) is 4.40. The lowest BCUT2D eigenvalue weighted by Crippen LogP contribution is -2.44. The van der Waals surface area contributed by atoms with Gasteiger partial charge in [0, 0.05) is 54.9 Å². The molecule has 0 saturated carbocycles. The molecule has 2 aliphatic heterocycles. The third-order valence-electron chi connectivity index (χ3n) is 6.47. The number of carbonyl (C=O) groups is 2. The Hall–Kier alpha value is -4.41. The van der Waals surface area contributed by atoms with Crippen LogP contribution < -0.4 is 15.5 Å². The second-order valence-electron chi connectivity index (χ2n) is 8.78. The van der Waals surface area contributed by atoms with Crippen molar-refractivity contribution < 1.29 is 9.59 Å². The van der Waals surface area contributed by atoms with Gasteiger partial charge in [-0.15, -0.1) is 0 Å². The average Bonchev–Trinajstić information content (AvgIpc) is 2.89. The summed E-state index contributed by atoms with van der Waals surface area (Å²) in [7, 11) is 2.14. The molecule has 7 nitrogen and oxygen atoms in total. The van der Waals surface area contributed by atoms with Crippen molar-refractivity contribution in [1.82, 2.24) is 10.2 Å². The lowest BCUT2D eigenvalue weighted by atomic mass is 9.91. The molecule has 174 valence electrons. The maximum absolute atomic E-state index is 12.7. The third kappa shape index (κ3) is 4.65. The highest BCUT2D eigenvalue weighted by Gasteiger charge is 2.27. The van der Waals surface area contributed by atoms with Gasteiger partial charge in [0.2, 0.25) is 0 Å². The summed E-state index contributed by atoms with van der Waals surface area (Å²) in [6.07, 6.45) is 1.64. The Morgan fingerprint density at radius 3 is 2.37 bits per heavy atom. The highest BCUT2D eigenvalue weighted by Crippen LogP contribution is 2.30. The highest BCUT2D eigenvalue weighted by atomic mass is 16.2. The zero-order chi connectivity index (χ0) is 24.4. The van der Waals surface area contributed by atoms with E-state index >= 15 is 0 Å². The van der Waals surface area contributed by atoms with Gasteiger partial charge in [-0.2, -0.15) is 5.26 Å². The molecule has 0 unspecified atom stereocenters. The number of anilines is 2. The van der Waals surface area contributed by atoms with E-state index in [4.69, 9.17) is 0 Å². The molecule has 1 saturated heterocycles. The van der Waals surface area contributed by atoms with Gasteiger partial charge in [-0.3, -0.25) is 14.9 Å². The van der Waals surface area contributed by atoms with Crippen molar-refractivity contribution in [3.8, 4) is 17.2 Å². The number of imide groups is 1. The minimum atomic E-state index is -0.452. The quantitative estimate of drug-likeness (QED) is 0.453. The molecule has 0 spiro atoms. The first-order valence-corrected chi connectivity index (χ1v) is 11.5. The van der Waals surface area contributed by atoms with E-state index in [2.05, 4.69) is 45.7 Å². The van der Waals surface area contributed by atoms with E-state index in [1.54, 1.807) is 24.4 Å². The van der Waals surface area contributed by atoms with Gasteiger partial charge in [0.1, 0.15) is 0 Å². The first-order chi connectivity index (χ1) is 17.0. The molecule has 2 aliphatic rings. The topological polar surface area (TPSA) is 88.5 Å². The van der Waals surface area contributed by atoms with Crippen molar-refractivity contribution in [1.29, 1.82) is 5.26 Å². The second-order valence-corrected chi connectivity index (χ2v) is 8.78. The predicted molar refractivity (Wildman–Crippen MR) is 137 cm³/mol. The van der Waals surface area contributed by atoms with Crippen LogP contribution in [-0.2, 0) is 4.79 Å². The average molecular weight is 464 g/mol. The molecule has 2 heterocycles. The first-order valence-electron chi connectivity index (χ1n) is 11.5. The number of hydrogen-bond acceptors (Lipinski definition) is 6. The number of piperazine rings is 1. The molecule has 7 heteroatoms. The molecule has 35 heavy (non-hydrogen) atoms. The highest BCUT2D eigenvalue weighted by molar-refractivity contribution is 6.31. The molecular formula is C28H25N5O2. The number of benzene rings is 3. The van der Waals surface area contributed by atoms with Crippen LogP contribution in [0.2, 0.25) is 0 Å². The van der Waals surface area contributed by atoms with Crippen molar-refractivity contribution in [2.75, 3.05) is 43.4 Å². The minimum absolute atomic E-state index is 0.376. The van der Waals surface area contributed by atoms with Crippen LogP contribution >= 0.6 is 0 Å². The Kier molecular flexibility index (Phi) is 6.04. The van der Waals surface area contributed by atoms with Crippen LogP contribution in [0.4, 0.5) is 11.4 Å². The van der Waals surface area contributed by atoms with Crippen molar-refractivity contribution >= 4 is 28.8 Å². The predicted octanol–water partition coefficient (Wildman–Crippen LogP) is 3.70. The molecule has 0 aliphatic carbocycles. The number of carbonyl (C=O) groups excluding carboxylic acids is 2. The Balaban J connectivity index is 1.41. The Morgan fingerprint density at radius 1 is 0.886 bits per heavy atom. The molecule has 0 atom stereocenters. The van der Waals surface area contributed by atoms with Gasteiger partial charge in [-0.25, -0.2) is 0 Å². The van der Waals surface area contributed by atoms with Crippen LogP contribution in [0.3, 0.4) is 0 Å². The monoisotopic (exact) mass is 463 g/mol. The molecule has 2 N–H and O–H groups in total. The SMILES string of the molecule is CN1CCN(c2ccc(NC=C3C(=O)NC(=O)c4ccc(-c5cccc(C#N)c5)cc43)cc2)CC1. The Morgan fingerprint density at radius 2 is 1.63 bits per heavy atom. The lowest BCUT2D eigenvalue weighted by Gasteiger charge is -2.34. The number of amides is 2.